The monoisotopic (exact) mass is 482 g/mol. The van der Waals surface area contributed by atoms with Gasteiger partial charge in [-0.3, -0.25) is 0 Å². The number of unbranched alkanes of at least 4 members (excludes halogenated alkanes) is 6. The Hall–Kier alpha value is -2.93. The zero-order valence-corrected chi connectivity index (χ0v) is 20.9. The predicted molar refractivity (Wildman–Crippen MR) is 136 cm³/mol. The lowest BCUT2D eigenvalue weighted by Gasteiger charge is -2.07. The van der Waals surface area contributed by atoms with Crippen molar-refractivity contribution in [3.8, 4) is 28.0 Å². The minimum Gasteiger partial charge on any atom is -0.490 e. The average molecular weight is 483 g/mol. The van der Waals surface area contributed by atoms with E-state index in [-0.39, 0.29) is 0 Å². The van der Waals surface area contributed by atoms with E-state index < -0.39 is 5.97 Å². The molecule has 0 saturated carbocycles. The van der Waals surface area contributed by atoms with E-state index >= 15 is 0 Å². The topological polar surface area (TPSA) is 70.5 Å². The van der Waals surface area contributed by atoms with Gasteiger partial charge in [0.15, 0.2) is 16.6 Å². The summed E-state index contributed by atoms with van der Waals surface area (Å²) in [6, 6.07) is 10.7. The first-order chi connectivity index (χ1) is 16.7. The molecule has 3 aromatic rings. The van der Waals surface area contributed by atoms with Crippen LogP contribution in [0, 0.1) is 0 Å². The number of esters is 1. The van der Waals surface area contributed by atoms with E-state index in [9.17, 15) is 4.79 Å². The molecular formula is C27H34N2O4S. The molecule has 0 amide bonds. The molecule has 0 N–H and O–H groups in total. The summed E-state index contributed by atoms with van der Waals surface area (Å²) in [5.74, 6) is 1.34. The fourth-order valence-electron chi connectivity index (χ4n) is 3.27. The molecule has 0 radical (unpaired) electrons. The van der Waals surface area contributed by atoms with Gasteiger partial charge in [0.2, 0.25) is 0 Å². The molecule has 0 spiro atoms. The SMILES string of the molecule is CCCCCCCCOc1cnc(-c2ccc(OC(=O)c3ccc(OCCCC)s3)cc2)nc1. The molecular weight excluding hydrogens is 448 g/mol. The number of rotatable bonds is 15. The highest BCUT2D eigenvalue weighted by Gasteiger charge is 2.13. The molecule has 1 aromatic carbocycles. The maximum absolute atomic E-state index is 12.4. The highest BCUT2D eigenvalue weighted by molar-refractivity contribution is 7.15. The highest BCUT2D eigenvalue weighted by atomic mass is 32.1. The summed E-state index contributed by atoms with van der Waals surface area (Å²) in [7, 11) is 0. The number of carbonyl (C=O) groups excluding carboxylic acids is 1. The fraction of sp³-hybridized carbons (Fsp3) is 0.444. The second-order valence-electron chi connectivity index (χ2n) is 8.09. The summed E-state index contributed by atoms with van der Waals surface area (Å²) in [4.78, 5) is 21.7. The molecule has 3 rings (SSSR count). The molecule has 0 aliphatic carbocycles. The van der Waals surface area contributed by atoms with E-state index in [1.54, 1.807) is 36.7 Å². The molecule has 0 fully saturated rings. The maximum atomic E-state index is 12.4. The number of thiophene rings is 1. The number of carbonyl (C=O) groups is 1. The van der Waals surface area contributed by atoms with Crippen LogP contribution < -0.4 is 14.2 Å². The van der Waals surface area contributed by atoms with Crippen molar-refractivity contribution in [1.82, 2.24) is 9.97 Å². The maximum Gasteiger partial charge on any atom is 0.353 e. The van der Waals surface area contributed by atoms with Crippen molar-refractivity contribution < 1.29 is 19.0 Å². The van der Waals surface area contributed by atoms with Gasteiger partial charge >= 0.3 is 5.97 Å². The van der Waals surface area contributed by atoms with Gasteiger partial charge in [0.05, 0.1) is 25.6 Å². The molecule has 0 atom stereocenters. The largest absolute Gasteiger partial charge is 0.490 e. The first kappa shape index (κ1) is 25.7. The van der Waals surface area contributed by atoms with Crippen LogP contribution in [0.3, 0.4) is 0 Å². The van der Waals surface area contributed by atoms with Crippen molar-refractivity contribution in [2.24, 2.45) is 0 Å². The van der Waals surface area contributed by atoms with Crippen LogP contribution in [0.15, 0.2) is 48.8 Å². The fourth-order valence-corrected chi connectivity index (χ4v) is 4.02. The zero-order valence-electron chi connectivity index (χ0n) is 20.1. The van der Waals surface area contributed by atoms with E-state index in [0.29, 0.717) is 35.4 Å². The molecule has 2 aromatic heterocycles. The quantitative estimate of drug-likeness (QED) is 0.128. The lowest BCUT2D eigenvalue weighted by Crippen LogP contribution is -2.06. The third kappa shape index (κ3) is 8.45. The van der Waals surface area contributed by atoms with Crippen LogP contribution in [0.1, 0.15) is 74.9 Å². The number of hydrogen-bond acceptors (Lipinski definition) is 7. The normalized spacial score (nSPS) is 10.8. The first-order valence-electron chi connectivity index (χ1n) is 12.2. The minimum atomic E-state index is -0.397. The minimum absolute atomic E-state index is 0.397. The molecule has 0 bridgehead atoms. The number of ether oxygens (including phenoxy) is 3. The Kier molecular flexibility index (Phi) is 10.8. The van der Waals surface area contributed by atoms with E-state index in [1.165, 1.54) is 43.4 Å². The second kappa shape index (κ2) is 14.4. The first-order valence-corrected chi connectivity index (χ1v) is 13.0. The van der Waals surface area contributed by atoms with Crippen molar-refractivity contribution in [1.29, 1.82) is 0 Å². The van der Waals surface area contributed by atoms with Gasteiger partial charge in [-0.15, -0.1) is 0 Å². The summed E-state index contributed by atoms with van der Waals surface area (Å²) in [6.45, 7) is 5.68. The van der Waals surface area contributed by atoms with Crippen molar-refractivity contribution in [3.05, 3.63) is 53.7 Å². The van der Waals surface area contributed by atoms with E-state index in [0.717, 1.165) is 29.9 Å². The molecule has 0 unspecified atom stereocenters. The van der Waals surface area contributed by atoms with Crippen molar-refractivity contribution >= 4 is 17.3 Å². The van der Waals surface area contributed by atoms with Crippen LogP contribution in [0.4, 0.5) is 0 Å². The third-order valence-corrected chi connectivity index (χ3v) is 6.22. The van der Waals surface area contributed by atoms with Gasteiger partial charge in [-0.25, -0.2) is 14.8 Å². The van der Waals surface area contributed by atoms with Gasteiger partial charge in [0, 0.05) is 5.56 Å². The summed E-state index contributed by atoms with van der Waals surface area (Å²) < 4.78 is 16.9. The van der Waals surface area contributed by atoms with Crippen LogP contribution in [0.5, 0.6) is 16.6 Å². The van der Waals surface area contributed by atoms with Gasteiger partial charge in [-0.1, -0.05) is 63.7 Å². The standard InChI is InChI=1S/C27H34N2O4S/c1-3-5-7-8-9-10-18-31-23-19-28-26(29-20-23)21-11-13-22(14-12-21)33-27(30)24-15-16-25(34-24)32-17-6-4-2/h11-16,19-20H,3-10,17-18H2,1-2H3. The smallest absolute Gasteiger partial charge is 0.353 e. The molecule has 7 heteroatoms. The Labute approximate surface area is 206 Å². The Morgan fingerprint density at radius 3 is 2.18 bits per heavy atom. The Balaban J connectivity index is 1.45. The predicted octanol–water partition coefficient (Wildman–Crippen LogP) is 7.34. The molecule has 0 saturated heterocycles. The molecule has 182 valence electrons. The molecule has 0 aliphatic rings. The lowest BCUT2D eigenvalue weighted by atomic mass is 10.1. The summed E-state index contributed by atoms with van der Waals surface area (Å²) in [6.07, 6.45) is 12.8. The molecule has 34 heavy (non-hydrogen) atoms. The van der Waals surface area contributed by atoms with E-state index in [1.807, 2.05) is 12.1 Å². The van der Waals surface area contributed by atoms with Crippen LogP contribution in [-0.4, -0.2) is 29.2 Å². The Bertz CT molecular complexity index is 987. The number of benzene rings is 1. The third-order valence-electron chi connectivity index (χ3n) is 5.24. The Morgan fingerprint density at radius 1 is 0.765 bits per heavy atom. The van der Waals surface area contributed by atoms with Crippen LogP contribution in [0.25, 0.3) is 11.4 Å². The second-order valence-corrected chi connectivity index (χ2v) is 9.14. The van der Waals surface area contributed by atoms with Crippen LogP contribution >= 0.6 is 11.3 Å². The van der Waals surface area contributed by atoms with Gasteiger partial charge in [-0.2, -0.15) is 0 Å². The van der Waals surface area contributed by atoms with Gasteiger partial charge in [-0.05, 0) is 49.2 Å². The molecule has 6 nitrogen and oxygen atoms in total. The summed E-state index contributed by atoms with van der Waals surface area (Å²) >= 11 is 1.29. The average Bonchev–Trinajstić information content (AvgIpc) is 3.34. The van der Waals surface area contributed by atoms with Crippen molar-refractivity contribution in [2.45, 2.75) is 65.2 Å². The number of nitrogens with zero attached hydrogens (tertiary/aromatic N) is 2. The Morgan fingerprint density at radius 2 is 1.44 bits per heavy atom. The van der Waals surface area contributed by atoms with E-state index in [4.69, 9.17) is 14.2 Å². The van der Waals surface area contributed by atoms with Gasteiger partial charge < -0.3 is 14.2 Å². The lowest BCUT2D eigenvalue weighted by molar-refractivity contribution is 0.0740. The number of aromatic nitrogens is 2. The zero-order chi connectivity index (χ0) is 24.0. The van der Waals surface area contributed by atoms with E-state index in [2.05, 4.69) is 23.8 Å². The van der Waals surface area contributed by atoms with Gasteiger partial charge in [0.1, 0.15) is 10.6 Å². The van der Waals surface area contributed by atoms with Gasteiger partial charge in [0.25, 0.3) is 0 Å². The molecule has 0 aliphatic heterocycles. The summed E-state index contributed by atoms with van der Waals surface area (Å²) in [5, 5.41) is 0.729. The van der Waals surface area contributed by atoms with Crippen molar-refractivity contribution in [2.75, 3.05) is 13.2 Å². The van der Waals surface area contributed by atoms with Crippen LogP contribution in [-0.2, 0) is 0 Å². The highest BCUT2D eigenvalue weighted by Crippen LogP contribution is 2.27. The van der Waals surface area contributed by atoms with Crippen molar-refractivity contribution in [3.63, 3.8) is 0 Å². The number of hydrogen-bond donors (Lipinski definition) is 0. The summed E-state index contributed by atoms with van der Waals surface area (Å²) in [5.41, 5.74) is 0.838. The molecule has 2 heterocycles. The van der Waals surface area contributed by atoms with Crippen LogP contribution in [0.2, 0.25) is 0 Å².